The largest absolute Gasteiger partial charge is 0.481 e. The van der Waals surface area contributed by atoms with E-state index in [2.05, 4.69) is 0 Å². The highest BCUT2D eigenvalue weighted by molar-refractivity contribution is 5.83. The molecule has 2 N–H and O–H groups in total. The van der Waals surface area contributed by atoms with Crippen LogP contribution in [0.1, 0.15) is 12.8 Å². The minimum Gasteiger partial charge on any atom is -0.481 e. The van der Waals surface area contributed by atoms with Crippen LogP contribution in [0.3, 0.4) is 0 Å². The van der Waals surface area contributed by atoms with Gasteiger partial charge in [-0.05, 0) is 6.42 Å². The van der Waals surface area contributed by atoms with Crippen LogP contribution < -0.4 is 0 Å². The first-order valence-electron chi connectivity index (χ1n) is 4.21. The molecule has 72 valence electrons. The number of aliphatic carboxylic acids is 1. The van der Waals surface area contributed by atoms with Gasteiger partial charge >= 0.3 is 11.9 Å². The van der Waals surface area contributed by atoms with E-state index in [9.17, 15) is 14.7 Å². The molecule has 0 aromatic heterocycles. The summed E-state index contributed by atoms with van der Waals surface area (Å²) in [7, 11) is 0. The lowest BCUT2D eigenvalue weighted by Crippen LogP contribution is -2.37. The Balaban J connectivity index is 2.22. The van der Waals surface area contributed by atoms with E-state index in [1.165, 1.54) is 0 Å². The van der Waals surface area contributed by atoms with Gasteiger partial charge in [-0.15, -0.1) is 0 Å². The summed E-state index contributed by atoms with van der Waals surface area (Å²) in [5.41, 5.74) is 0. The van der Waals surface area contributed by atoms with E-state index in [1.807, 2.05) is 0 Å². The highest BCUT2D eigenvalue weighted by atomic mass is 16.6. The average Bonchev–Trinajstić information content (AvgIpc) is 2.37. The van der Waals surface area contributed by atoms with E-state index in [0.717, 1.165) is 0 Å². The van der Waals surface area contributed by atoms with E-state index < -0.39 is 36.0 Å². The van der Waals surface area contributed by atoms with Gasteiger partial charge in [0, 0.05) is 6.42 Å². The van der Waals surface area contributed by atoms with Gasteiger partial charge in [0.25, 0.3) is 0 Å². The van der Waals surface area contributed by atoms with Crippen molar-refractivity contribution in [2.45, 2.75) is 25.0 Å². The van der Waals surface area contributed by atoms with Gasteiger partial charge in [0.2, 0.25) is 0 Å². The van der Waals surface area contributed by atoms with Crippen molar-refractivity contribution in [2.24, 2.45) is 11.8 Å². The predicted octanol–water partition coefficient (Wildman–Crippen LogP) is -0.617. The Morgan fingerprint density at radius 3 is 2.77 bits per heavy atom. The molecular weight excluding hydrogens is 176 g/mol. The monoisotopic (exact) mass is 186 g/mol. The molecule has 1 heterocycles. The summed E-state index contributed by atoms with van der Waals surface area (Å²) in [6.07, 6.45) is -0.829. The summed E-state index contributed by atoms with van der Waals surface area (Å²) in [5, 5.41) is 18.2. The average molecular weight is 186 g/mol. The Morgan fingerprint density at radius 1 is 1.46 bits per heavy atom. The molecule has 0 amide bonds. The molecule has 2 fully saturated rings. The predicted molar refractivity (Wildman–Crippen MR) is 39.7 cm³/mol. The smallest absolute Gasteiger partial charge is 0.310 e. The van der Waals surface area contributed by atoms with Gasteiger partial charge in [-0.25, -0.2) is 0 Å². The van der Waals surface area contributed by atoms with Crippen LogP contribution in [0, 0.1) is 11.8 Å². The molecule has 4 atom stereocenters. The number of carboxylic acids is 1. The van der Waals surface area contributed by atoms with Gasteiger partial charge in [0.1, 0.15) is 6.10 Å². The van der Waals surface area contributed by atoms with E-state index in [4.69, 9.17) is 9.84 Å². The van der Waals surface area contributed by atoms with Crippen LogP contribution in [-0.2, 0) is 14.3 Å². The van der Waals surface area contributed by atoms with Gasteiger partial charge in [-0.3, -0.25) is 9.59 Å². The van der Waals surface area contributed by atoms with Crippen LogP contribution in [0.15, 0.2) is 0 Å². The molecule has 2 aliphatic rings. The number of carbonyl (C=O) groups excluding carboxylic acids is 1. The molecule has 2 rings (SSSR count). The van der Waals surface area contributed by atoms with Crippen LogP contribution in [0.4, 0.5) is 0 Å². The highest BCUT2D eigenvalue weighted by Gasteiger charge is 2.50. The zero-order valence-corrected chi connectivity index (χ0v) is 6.84. The minimum absolute atomic E-state index is 0.121. The topological polar surface area (TPSA) is 83.8 Å². The number of hydrogen-bond donors (Lipinski definition) is 2. The second kappa shape index (κ2) is 2.70. The first kappa shape index (κ1) is 8.50. The lowest BCUT2D eigenvalue weighted by atomic mass is 9.79. The molecule has 5 heteroatoms. The Hall–Kier alpha value is -1.10. The molecule has 0 aromatic carbocycles. The first-order valence-corrected chi connectivity index (χ1v) is 4.21. The van der Waals surface area contributed by atoms with Crippen molar-refractivity contribution in [3.8, 4) is 0 Å². The van der Waals surface area contributed by atoms with E-state index >= 15 is 0 Å². The highest BCUT2D eigenvalue weighted by Crippen LogP contribution is 2.38. The minimum atomic E-state index is -1.03. The molecule has 5 nitrogen and oxygen atoms in total. The van der Waals surface area contributed by atoms with Crippen molar-refractivity contribution in [3.05, 3.63) is 0 Å². The molecule has 1 saturated heterocycles. The zero-order valence-electron chi connectivity index (χ0n) is 6.84. The fraction of sp³-hybridized carbons (Fsp3) is 0.750. The number of carbonyl (C=O) groups is 2. The summed E-state index contributed by atoms with van der Waals surface area (Å²) >= 11 is 0. The molecule has 2 bridgehead atoms. The molecular formula is C8H10O5. The molecule has 0 spiro atoms. The van der Waals surface area contributed by atoms with E-state index in [-0.39, 0.29) is 6.42 Å². The number of ether oxygens (including phenoxy) is 1. The van der Waals surface area contributed by atoms with Crippen LogP contribution in [0.25, 0.3) is 0 Å². The lowest BCUT2D eigenvalue weighted by Gasteiger charge is -2.25. The van der Waals surface area contributed by atoms with Crippen LogP contribution >= 0.6 is 0 Å². The van der Waals surface area contributed by atoms with Crippen LogP contribution in [0.5, 0.6) is 0 Å². The third-order valence-corrected chi connectivity index (χ3v) is 2.78. The van der Waals surface area contributed by atoms with Gasteiger partial charge in [0.15, 0.2) is 0 Å². The standard InChI is InChI=1S/C8H10O5/c9-5-1-3(7(10)11)4-2-6(5)13-8(4)12/h3-6,9H,1-2H2,(H,10,11)/t3-,4+,5-,6-/m0/s1. The number of hydrogen-bond acceptors (Lipinski definition) is 4. The second-order valence-electron chi connectivity index (χ2n) is 3.57. The maximum atomic E-state index is 11.1. The lowest BCUT2D eigenvalue weighted by molar-refractivity contribution is -0.150. The Morgan fingerprint density at radius 2 is 2.15 bits per heavy atom. The number of esters is 1. The Labute approximate surface area is 74.3 Å². The zero-order chi connectivity index (χ0) is 9.59. The molecule has 1 aliphatic carbocycles. The third-order valence-electron chi connectivity index (χ3n) is 2.78. The molecule has 0 unspecified atom stereocenters. The van der Waals surface area contributed by atoms with Crippen molar-refractivity contribution in [3.63, 3.8) is 0 Å². The maximum absolute atomic E-state index is 11.1. The van der Waals surface area contributed by atoms with Crippen molar-refractivity contribution in [2.75, 3.05) is 0 Å². The summed E-state index contributed by atoms with van der Waals surface area (Å²) in [6.45, 7) is 0. The second-order valence-corrected chi connectivity index (χ2v) is 3.57. The Kier molecular flexibility index (Phi) is 1.76. The van der Waals surface area contributed by atoms with E-state index in [1.54, 1.807) is 0 Å². The molecule has 0 radical (unpaired) electrons. The summed E-state index contributed by atoms with van der Waals surface area (Å²) < 4.78 is 4.83. The number of aliphatic hydroxyl groups excluding tert-OH is 1. The molecule has 0 aromatic rings. The van der Waals surface area contributed by atoms with Crippen molar-refractivity contribution in [1.29, 1.82) is 0 Å². The number of rotatable bonds is 1. The Bertz CT molecular complexity index is 261. The number of carboxylic acid groups (broad SMARTS) is 1. The summed E-state index contributed by atoms with van der Waals surface area (Å²) in [4.78, 5) is 21.8. The quantitative estimate of drug-likeness (QED) is 0.533. The van der Waals surface area contributed by atoms with Gasteiger partial charge in [0.05, 0.1) is 17.9 Å². The molecule has 13 heavy (non-hydrogen) atoms. The normalized spacial score (nSPS) is 43.0. The number of aliphatic hydroxyl groups is 1. The van der Waals surface area contributed by atoms with Crippen molar-refractivity contribution in [1.82, 2.24) is 0 Å². The third kappa shape index (κ3) is 1.19. The van der Waals surface area contributed by atoms with Gasteiger partial charge in [-0.2, -0.15) is 0 Å². The molecule has 1 saturated carbocycles. The van der Waals surface area contributed by atoms with Crippen LogP contribution in [-0.4, -0.2) is 34.4 Å². The fourth-order valence-corrected chi connectivity index (χ4v) is 2.04. The van der Waals surface area contributed by atoms with Gasteiger partial charge in [-0.1, -0.05) is 0 Å². The maximum Gasteiger partial charge on any atom is 0.310 e. The number of fused-ring (bicyclic) bond motifs is 2. The molecule has 1 aliphatic heterocycles. The van der Waals surface area contributed by atoms with Crippen molar-refractivity contribution < 1.29 is 24.5 Å². The fourth-order valence-electron chi connectivity index (χ4n) is 2.04. The summed E-state index contributed by atoms with van der Waals surface area (Å²) in [6, 6.07) is 0. The van der Waals surface area contributed by atoms with Crippen molar-refractivity contribution >= 4 is 11.9 Å². The summed E-state index contributed by atoms with van der Waals surface area (Å²) in [5.74, 6) is -2.83. The van der Waals surface area contributed by atoms with Gasteiger partial charge < -0.3 is 14.9 Å². The SMILES string of the molecule is O=C(O)[C@H]1C[C@H](O)[C@@H]2C[C@H]1C(=O)O2. The first-order chi connectivity index (χ1) is 6.09. The van der Waals surface area contributed by atoms with E-state index in [0.29, 0.717) is 6.42 Å². The van der Waals surface area contributed by atoms with Crippen LogP contribution in [0.2, 0.25) is 0 Å².